The predicted octanol–water partition coefficient (Wildman–Crippen LogP) is 1.67. The van der Waals surface area contributed by atoms with Crippen molar-refractivity contribution < 1.29 is 9.13 Å². The summed E-state index contributed by atoms with van der Waals surface area (Å²) < 4.78 is 18.5. The summed E-state index contributed by atoms with van der Waals surface area (Å²) >= 11 is 0. The Labute approximate surface area is 119 Å². The fourth-order valence-electron chi connectivity index (χ4n) is 3.56. The molecule has 110 valence electrons. The van der Waals surface area contributed by atoms with E-state index in [1.54, 1.807) is 12.1 Å². The van der Waals surface area contributed by atoms with Gasteiger partial charge in [-0.1, -0.05) is 0 Å². The summed E-state index contributed by atoms with van der Waals surface area (Å²) in [5, 5.41) is 3.58. The number of hydrogen-bond donors (Lipinski definition) is 2. The highest BCUT2D eigenvalue weighted by molar-refractivity contribution is 5.51. The van der Waals surface area contributed by atoms with Gasteiger partial charge in [0.1, 0.15) is 0 Å². The molecule has 4 nitrogen and oxygen atoms in total. The van der Waals surface area contributed by atoms with Crippen molar-refractivity contribution in [1.82, 2.24) is 4.90 Å². The molecule has 3 atom stereocenters. The second-order valence-electron chi connectivity index (χ2n) is 5.87. The zero-order valence-electron chi connectivity index (χ0n) is 11.9. The van der Waals surface area contributed by atoms with Crippen LogP contribution in [0.1, 0.15) is 12.8 Å². The van der Waals surface area contributed by atoms with Crippen LogP contribution in [0.15, 0.2) is 18.2 Å². The molecule has 0 radical (unpaired) electrons. The fraction of sp³-hybridized carbons (Fsp3) is 0.600. The van der Waals surface area contributed by atoms with Gasteiger partial charge in [0.2, 0.25) is 0 Å². The summed E-state index contributed by atoms with van der Waals surface area (Å²) in [6.07, 6.45) is 2.22. The molecule has 3 rings (SSSR count). The highest BCUT2D eigenvalue weighted by atomic mass is 19.1. The summed E-state index contributed by atoms with van der Waals surface area (Å²) in [5.41, 5.74) is 6.89. The molecule has 2 heterocycles. The van der Waals surface area contributed by atoms with E-state index in [4.69, 9.17) is 10.5 Å². The topological polar surface area (TPSA) is 50.5 Å². The Morgan fingerprint density at radius 2 is 2.35 bits per heavy atom. The number of piperidine rings is 1. The van der Waals surface area contributed by atoms with E-state index in [0.717, 1.165) is 25.2 Å². The van der Waals surface area contributed by atoms with Crippen LogP contribution in [0.2, 0.25) is 0 Å². The van der Waals surface area contributed by atoms with Crippen LogP contribution in [0.25, 0.3) is 0 Å². The molecule has 0 aromatic heterocycles. The van der Waals surface area contributed by atoms with Gasteiger partial charge in [0.25, 0.3) is 0 Å². The van der Waals surface area contributed by atoms with Crippen LogP contribution in [0.3, 0.4) is 0 Å². The SMILES string of the molecule is COc1cc(NC2(CN)CCN3CCC2C3)ccc1F. The first-order chi connectivity index (χ1) is 9.66. The van der Waals surface area contributed by atoms with Gasteiger partial charge in [0.15, 0.2) is 11.6 Å². The van der Waals surface area contributed by atoms with Crippen molar-refractivity contribution in [3.8, 4) is 5.75 Å². The number of nitrogens with two attached hydrogens (primary N) is 1. The lowest BCUT2D eigenvalue weighted by atomic mass is 9.78. The lowest BCUT2D eigenvalue weighted by Gasteiger charge is -2.43. The standard InChI is InChI=1S/C15H22FN3O/c1-20-14-8-12(2-3-13(14)16)18-15(10-17)5-7-19-6-4-11(15)9-19/h2-3,8,11,18H,4-7,9-10,17H2,1H3. The van der Waals surface area contributed by atoms with E-state index in [1.165, 1.54) is 26.1 Å². The summed E-state index contributed by atoms with van der Waals surface area (Å²) in [5.74, 6) is 0.499. The van der Waals surface area contributed by atoms with Gasteiger partial charge in [-0.25, -0.2) is 4.39 Å². The van der Waals surface area contributed by atoms with Crippen molar-refractivity contribution in [1.29, 1.82) is 0 Å². The van der Waals surface area contributed by atoms with E-state index in [0.29, 0.717) is 12.5 Å². The highest BCUT2D eigenvalue weighted by Crippen LogP contribution is 2.38. The number of anilines is 1. The maximum Gasteiger partial charge on any atom is 0.165 e. The number of hydrogen-bond acceptors (Lipinski definition) is 4. The molecule has 20 heavy (non-hydrogen) atoms. The van der Waals surface area contributed by atoms with Gasteiger partial charge in [-0.05, 0) is 37.4 Å². The molecule has 1 aromatic rings. The molecule has 3 unspecified atom stereocenters. The third-order valence-electron chi connectivity index (χ3n) is 4.84. The first-order valence-corrected chi connectivity index (χ1v) is 7.21. The largest absolute Gasteiger partial charge is 0.494 e. The average Bonchev–Trinajstić information content (AvgIpc) is 2.89. The second-order valence-corrected chi connectivity index (χ2v) is 5.87. The van der Waals surface area contributed by atoms with Crippen LogP contribution >= 0.6 is 0 Å². The molecule has 2 bridgehead atoms. The molecule has 0 saturated carbocycles. The fourth-order valence-corrected chi connectivity index (χ4v) is 3.56. The molecule has 0 aliphatic carbocycles. The number of nitrogens with zero attached hydrogens (tertiary/aromatic N) is 1. The lowest BCUT2D eigenvalue weighted by molar-refractivity contribution is 0.190. The zero-order valence-corrected chi connectivity index (χ0v) is 11.9. The van der Waals surface area contributed by atoms with Crippen LogP contribution in [0.4, 0.5) is 10.1 Å². The van der Waals surface area contributed by atoms with Crippen molar-refractivity contribution in [2.75, 3.05) is 38.6 Å². The van der Waals surface area contributed by atoms with E-state index in [2.05, 4.69) is 10.2 Å². The maximum atomic E-state index is 13.5. The second kappa shape index (κ2) is 5.22. The highest BCUT2D eigenvalue weighted by Gasteiger charge is 2.45. The molecular formula is C15H22FN3O. The van der Waals surface area contributed by atoms with E-state index >= 15 is 0 Å². The first-order valence-electron chi connectivity index (χ1n) is 7.21. The van der Waals surface area contributed by atoms with Gasteiger partial charge in [0.05, 0.1) is 12.6 Å². The van der Waals surface area contributed by atoms with Crippen molar-refractivity contribution in [3.05, 3.63) is 24.0 Å². The molecule has 2 fully saturated rings. The van der Waals surface area contributed by atoms with Gasteiger partial charge in [-0.3, -0.25) is 0 Å². The number of benzene rings is 1. The molecule has 2 aliphatic heterocycles. The third-order valence-corrected chi connectivity index (χ3v) is 4.84. The number of ether oxygens (including phenoxy) is 1. The number of halogens is 1. The minimum absolute atomic E-state index is 0.0736. The predicted molar refractivity (Wildman–Crippen MR) is 77.5 cm³/mol. The Hall–Kier alpha value is -1.33. The molecule has 3 N–H and O–H groups in total. The van der Waals surface area contributed by atoms with E-state index in [9.17, 15) is 4.39 Å². The first kappa shape index (κ1) is 13.6. The monoisotopic (exact) mass is 279 g/mol. The Bertz CT molecular complexity index is 496. The van der Waals surface area contributed by atoms with Gasteiger partial charge in [-0.2, -0.15) is 0 Å². The molecule has 0 spiro atoms. The summed E-state index contributed by atoms with van der Waals surface area (Å²) in [7, 11) is 1.48. The van der Waals surface area contributed by atoms with E-state index in [1.807, 2.05) is 0 Å². The van der Waals surface area contributed by atoms with E-state index in [-0.39, 0.29) is 17.1 Å². The molecule has 2 aliphatic rings. The summed E-state index contributed by atoms with van der Waals surface area (Å²) in [6.45, 7) is 3.97. The number of rotatable bonds is 4. The summed E-state index contributed by atoms with van der Waals surface area (Å²) in [4.78, 5) is 2.49. The Kier molecular flexibility index (Phi) is 3.56. The number of fused-ring (bicyclic) bond motifs is 2. The Morgan fingerprint density at radius 3 is 3.10 bits per heavy atom. The van der Waals surface area contributed by atoms with Crippen molar-refractivity contribution >= 4 is 5.69 Å². The summed E-state index contributed by atoms with van der Waals surface area (Å²) in [6, 6.07) is 4.92. The maximum absolute atomic E-state index is 13.5. The Balaban J connectivity index is 1.84. The van der Waals surface area contributed by atoms with Crippen molar-refractivity contribution in [2.24, 2.45) is 11.7 Å². The molecule has 2 saturated heterocycles. The van der Waals surface area contributed by atoms with Crippen LogP contribution < -0.4 is 15.8 Å². The van der Waals surface area contributed by atoms with E-state index < -0.39 is 0 Å². The quantitative estimate of drug-likeness (QED) is 0.880. The van der Waals surface area contributed by atoms with Gasteiger partial charge >= 0.3 is 0 Å². The minimum Gasteiger partial charge on any atom is -0.494 e. The smallest absolute Gasteiger partial charge is 0.165 e. The van der Waals surface area contributed by atoms with Crippen LogP contribution in [-0.2, 0) is 0 Å². The third kappa shape index (κ3) is 2.25. The number of methoxy groups -OCH3 is 1. The van der Waals surface area contributed by atoms with Crippen molar-refractivity contribution in [2.45, 2.75) is 18.4 Å². The molecular weight excluding hydrogens is 257 g/mol. The normalized spacial score (nSPS) is 32.1. The average molecular weight is 279 g/mol. The lowest BCUT2D eigenvalue weighted by Crippen LogP contribution is -2.56. The van der Waals surface area contributed by atoms with Gasteiger partial charge < -0.3 is 20.7 Å². The molecule has 1 aromatic carbocycles. The molecule has 5 heteroatoms. The number of nitrogens with one attached hydrogen (secondary N) is 1. The minimum atomic E-state index is -0.337. The van der Waals surface area contributed by atoms with Gasteiger partial charge in [-0.15, -0.1) is 0 Å². The van der Waals surface area contributed by atoms with Crippen LogP contribution in [0, 0.1) is 11.7 Å². The Morgan fingerprint density at radius 1 is 1.50 bits per heavy atom. The van der Waals surface area contributed by atoms with Crippen molar-refractivity contribution in [3.63, 3.8) is 0 Å². The van der Waals surface area contributed by atoms with Crippen LogP contribution in [-0.4, -0.2) is 43.7 Å². The molecule has 0 amide bonds. The van der Waals surface area contributed by atoms with Crippen LogP contribution in [0.5, 0.6) is 5.75 Å². The zero-order chi connectivity index (χ0) is 14.2. The van der Waals surface area contributed by atoms with Gasteiger partial charge in [0, 0.05) is 31.4 Å².